The SMILES string of the molecule is CSC[C@H](NC(=O)[C@@H]1CCCN1C(=O)[C@H](CC(C)C)NC(=O)CNC(=O)OC(C)(C)C)C(=O)N[C@@H](CC(N)=O)C(=O)O. The van der Waals surface area contributed by atoms with Crippen molar-refractivity contribution < 1.29 is 43.4 Å². The van der Waals surface area contributed by atoms with Crippen LogP contribution in [0.4, 0.5) is 4.79 Å². The minimum Gasteiger partial charge on any atom is -0.480 e. The van der Waals surface area contributed by atoms with Crippen LogP contribution in [0.5, 0.6) is 0 Å². The van der Waals surface area contributed by atoms with Crippen LogP contribution in [0.15, 0.2) is 0 Å². The van der Waals surface area contributed by atoms with E-state index in [1.54, 1.807) is 27.0 Å². The Balaban J connectivity index is 2.96. The molecular formula is C26H44N6O9S. The van der Waals surface area contributed by atoms with Crippen molar-refractivity contribution in [2.45, 2.75) is 90.1 Å². The van der Waals surface area contributed by atoms with Crippen LogP contribution in [-0.4, -0.2) is 106 Å². The highest BCUT2D eigenvalue weighted by molar-refractivity contribution is 7.98. The zero-order valence-corrected chi connectivity index (χ0v) is 25.8. The number of carbonyl (C=O) groups is 7. The molecule has 238 valence electrons. The Hall–Kier alpha value is -3.56. The van der Waals surface area contributed by atoms with Crippen LogP contribution < -0.4 is 27.0 Å². The molecule has 15 nitrogen and oxygen atoms in total. The number of hydrogen-bond acceptors (Lipinski definition) is 9. The van der Waals surface area contributed by atoms with E-state index in [9.17, 15) is 38.7 Å². The molecule has 0 unspecified atom stereocenters. The molecule has 1 aliphatic heterocycles. The fourth-order valence-electron chi connectivity index (χ4n) is 4.20. The van der Waals surface area contributed by atoms with E-state index in [-0.39, 0.29) is 24.6 Å². The number of carboxylic acids is 1. The van der Waals surface area contributed by atoms with Crippen molar-refractivity contribution >= 4 is 53.4 Å². The third-order valence-electron chi connectivity index (χ3n) is 5.96. The molecule has 1 saturated heterocycles. The molecular weight excluding hydrogens is 572 g/mol. The van der Waals surface area contributed by atoms with Gasteiger partial charge in [0.25, 0.3) is 0 Å². The van der Waals surface area contributed by atoms with Gasteiger partial charge in [-0.15, -0.1) is 0 Å². The van der Waals surface area contributed by atoms with Gasteiger partial charge in [0.1, 0.15) is 36.3 Å². The smallest absolute Gasteiger partial charge is 0.408 e. The van der Waals surface area contributed by atoms with E-state index in [2.05, 4.69) is 21.3 Å². The summed E-state index contributed by atoms with van der Waals surface area (Å²) in [6, 6.07) is -4.61. The summed E-state index contributed by atoms with van der Waals surface area (Å²) < 4.78 is 5.11. The summed E-state index contributed by atoms with van der Waals surface area (Å²) in [5.74, 6) is -4.79. The maximum Gasteiger partial charge on any atom is 0.408 e. The van der Waals surface area contributed by atoms with E-state index >= 15 is 0 Å². The minimum absolute atomic E-state index is 0.00480. The Morgan fingerprint density at radius 2 is 1.67 bits per heavy atom. The average molecular weight is 617 g/mol. The fraction of sp³-hybridized carbons (Fsp3) is 0.731. The molecule has 1 aliphatic rings. The number of primary amides is 1. The Kier molecular flexibility index (Phi) is 14.6. The second-order valence-electron chi connectivity index (χ2n) is 11.4. The molecule has 42 heavy (non-hydrogen) atoms. The van der Waals surface area contributed by atoms with Gasteiger partial charge in [0, 0.05) is 12.3 Å². The van der Waals surface area contributed by atoms with Crippen molar-refractivity contribution in [3.63, 3.8) is 0 Å². The molecule has 7 N–H and O–H groups in total. The van der Waals surface area contributed by atoms with Crippen LogP contribution in [-0.2, 0) is 33.5 Å². The maximum absolute atomic E-state index is 13.6. The summed E-state index contributed by atoms with van der Waals surface area (Å²) in [4.78, 5) is 88.1. The normalized spacial score (nSPS) is 17.0. The lowest BCUT2D eigenvalue weighted by atomic mass is 10.0. The molecule has 0 aliphatic carbocycles. The van der Waals surface area contributed by atoms with Gasteiger partial charge in [0.2, 0.25) is 29.5 Å². The number of hydrogen-bond donors (Lipinski definition) is 6. The Bertz CT molecular complexity index is 1020. The van der Waals surface area contributed by atoms with E-state index < -0.39 is 84.3 Å². The Labute approximate surface area is 249 Å². The first-order valence-electron chi connectivity index (χ1n) is 13.6. The average Bonchev–Trinajstić information content (AvgIpc) is 3.34. The lowest BCUT2D eigenvalue weighted by Gasteiger charge is -2.30. The number of ether oxygens (including phenoxy) is 1. The molecule has 16 heteroatoms. The lowest BCUT2D eigenvalue weighted by molar-refractivity contribution is -0.144. The molecule has 1 heterocycles. The van der Waals surface area contributed by atoms with Crippen LogP contribution in [0, 0.1) is 5.92 Å². The summed E-state index contributed by atoms with van der Waals surface area (Å²) >= 11 is 1.23. The zero-order valence-electron chi connectivity index (χ0n) is 25.0. The number of rotatable bonds is 15. The molecule has 0 radical (unpaired) electrons. The number of amides is 6. The number of nitrogens with one attached hydrogen (secondary N) is 4. The predicted molar refractivity (Wildman–Crippen MR) is 154 cm³/mol. The number of nitrogens with two attached hydrogens (primary N) is 1. The molecule has 0 aromatic heterocycles. The third-order valence-corrected chi connectivity index (χ3v) is 6.62. The second-order valence-corrected chi connectivity index (χ2v) is 12.3. The van der Waals surface area contributed by atoms with E-state index in [1.807, 2.05) is 13.8 Å². The first-order chi connectivity index (χ1) is 19.4. The van der Waals surface area contributed by atoms with Crippen molar-refractivity contribution in [3.05, 3.63) is 0 Å². The quantitative estimate of drug-likeness (QED) is 0.136. The summed E-state index contributed by atoms with van der Waals surface area (Å²) in [5, 5.41) is 19.1. The van der Waals surface area contributed by atoms with E-state index in [4.69, 9.17) is 10.5 Å². The van der Waals surface area contributed by atoms with Crippen LogP contribution >= 0.6 is 11.8 Å². The van der Waals surface area contributed by atoms with Crippen molar-refractivity contribution in [2.24, 2.45) is 11.7 Å². The second kappa shape index (κ2) is 16.8. The first-order valence-corrected chi connectivity index (χ1v) is 15.0. The number of alkyl carbamates (subject to hydrolysis) is 1. The number of thioether (sulfide) groups is 1. The largest absolute Gasteiger partial charge is 0.480 e. The predicted octanol–water partition coefficient (Wildman–Crippen LogP) is -0.674. The number of aliphatic carboxylic acids is 1. The first kappa shape index (κ1) is 36.5. The van der Waals surface area contributed by atoms with Gasteiger partial charge in [-0.25, -0.2) is 9.59 Å². The monoisotopic (exact) mass is 616 g/mol. The highest BCUT2D eigenvalue weighted by atomic mass is 32.2. The zero-order chi connectivity index (χ0) is 32.2. The molecule has 4 atom stereocenters. The number of likely N-dealkylation sites (tertiary alicyclic amines) is 1. The van der Waals surface area contributed by atoms with Gasteiger partial charge in [-0.05, 0) is 52.2 Å². The lowest BCUT2D eigenvalue weighted by Crippen LogP contribution is -2.58. The molecule has 1 fully saturated rings. The van der Waals surface area contributed by atoms with Crippen molar-refractivity contribution in [2.75, 3.05) is 25.1 Å². The van der Waals surface area contributed by atoms with Crippen molar-refractivity contribution in [1.82, 2.24) is 26.2 Å². The highest BCUT2D eigenvalue weighted by Gasteiger charge is 2.39. The maximum atomic E-state index is 13.6. The summed E-state index contributed by atoms with van der Waals surface area (Å²) in [7, 11) is 0. The van der Waals surface area contributed by atoms with E-state index in [0.717, 1.165) is 0 Å². The van der Waals surface area contributed by atoms with Gasteiger partial charge in [-0.3, -0.25) is 24.0 Å². The summed E-state index contributed by atoms with van der Waals surface area (Å²) in [5.41, 5.74) is 4.32. The van der Waals surface area contributed by atoms with Crippen LogP contribution in [0.3, 0.4) is 0 Å². The topological polar surface area (TPSA) is 226 Å². The van der Waals surface area contributed by atoms with E-state index in [0.29, 0.717) is 12.8 Å². The van der Waals surface area contributed by atoms with E-state index in [1.165, 1.54) is 16.7 Å². The Morgan fingerprint density at radius 1 is 1.02 bits per heavy atom. The molecule has 0 aromatic carbocycles. The fourth-order valence-corrected chi connectivity index (χ4v) is 4.77. The van der Waals surface area contributed by atoms with Crippen molar-refractivity contribution in [3.8, 4) is 0 Å². The van der Waals surface area contributed by atoms with Gasteiger partial charge in [-0.2, -0.15) is 11.8 Å². The highest BCUT2D eigenvalue weighted by Crippen LogP contribution is 2.21. The Morgan fingerprint density at radius 3 is 2.19 bits per heavy atom. The molecule has 6 amide bonds. The number of nitrogens with zero attached hydrogens (tertiary/aromatic N) is 1. The summed E-state index contributed by atoms with van der Waals surface area (Å²) in [6.45, 7) is 8.61. The summed E-state index contributed by atoms with van der Waals surface area (Å²) in [6.07, 6.45) is 1.37. The van der Waals surface area contributed by atoms with Gasteiger partial charge in [0.15, 0.2) is 0 Å². The minimum atomic E-state index is -1.56. The van der Waals surface area contributed by atoms with Gasteiger partial charge >= 0.3 is 12.1 Å². The van der Waals surface area contributed by atoms with Gasteiger partial charge in [0.05, 0.1) is 6.42 Å². The van der Waals surface area contributed by atoms with Crippen LogP contribution in [0.2, 0.25) is 0 Å². The molecule has 0 spiro atoms. The van der Waals surface area contributed by atoms with Crippen molar-refractivity contribution in [1.29, 1.82) is 0 Å². The molecule has 1 rings (SSSR count). The van der Waals surface area contributed by atoms with Crippen LogP contribution in [0.1, 0.15) is 60.3 Å². The van der Waals surface area contributed by atoms with Crippen LogP contribution in [0.25, 0.3) is 0 Å². The molecule has 0 bridgehead atoms. The molecule has 0 aromatic rings. The number of carbonyl (C=O) groups excluding carboxylic acids is 6. The third kappa shape index (κ3) is 13.0. The van der Waals surface area contributed by atoms with Gasteiger partial charge in [-0.1, -0.05) is 13.8 Å². The standard InChI is InChI=1S/C26H44N6O9S/c1-14(2)10-15(29-20(34)12-28-25(40)41-26(3,4)5)23(37)32-9-7-8-18(32)22(36)31-17(13-42-6)21(35)30-16(24(38)39)11-19(27)33/h14-18H,7-13H2,1-6H3,(H2,27,33)(H,28,40)(H,29,34)(H,30,35)(H,31,36)(H,38,39)/t15-,16-,17-,18-/m0/s1. The van der Waals surface area contributed by atoms with Gasteiger partial charge < -0.3 is 41.7 Å². The molecule has 0 saturated carbocycles. The number of carboxylic acid groups (broad SMARTS) is 1.